The molecule has 2 aromatic heterocycles. The maximum Gasteiger partial charge on any atom is 0.270 e. The molecule has 182 valence electrons. The summed E-state index contributed by atoms with van der Waals surface area (Å²) in [6.07, 6.45) is 3.45. The number of sulfonamides is 1. The number of hydrogen-bond acceptors (Lipinski definition) is 9. The first kappa shape index (κ1) is 25.2. The lowest BCUT2D eigenvalue weighted by Gasteiger charge is -2.10. The van der Waals surface area contributed by atoms with Crippen molar-refractivity contribution in [1.29, 1.82) is 5.26 Å². The van der Waals surface area contributed by atoms with Crippen LogP contribution in [0.15, 0.2) is 81.7 Å². The number of nitrogens with one attached hydrogen (secondary N) is 2. The molecular weight excluding hydrogens is 520 g/mol. The Morgan fingerprint density at radius 3 is 2.72 bits per heavy atom. The van der Waals surface area contributed by atoms with Gasteiger partial charge in [-0.1, -0.05) is 30.0 Å². The van der Waals surface area contributed by atoms with Crippen LogP contribution in [0.5, 0.6) is 0 Å². The lowest BCUT2D eigenvalue weighted by molar-refractivity contribution is -0.385. The molecule has 2 aromatic carbocycles. The Bertz CT molecular complexity index is 1580. The molecule has 0 aliphatic carbocycles. The van der Waals surface area contributed by atoms with E-state index >= 15 is 0 Å². The number of hydrogen-bond donors (Lipinski definition) is 2. The Morgan fingerprint density at radius 2 is 1.97 bits per heavy atom. The molecule has 13 heteroatoms. The molecular formula is C23H18N6O4S3. The van der Waals surface area contributed by atoms with Crippen molar-refractivity contribution in [1.82, 2.24) is 15.2 Å². The first-order valence-electron chi connectivity index (χ1n) is 10.3. The molecule has 4 aromatic rings. The highest BCUT2D eigenvalue weighted by molar-refractivity contribution is 7.99. The van der Waals surface area contributed by atoms with Crippen LogP contribution in [0.3, 0.4) is 0 Å². The average molecular weight is 539 g/mol. The van der Waals surface area contributed by atoms with Gasteiger partial charge in [0.25, 0.3) is 15.7 Å². The number of nitro groups is 1. The third-order valence-corrected chi connectivity index (χ3v) is 8.08. The molecule has 0 aliphatic heterocycles. The van der Waals surface area contributed by atoms with Crippen LogP contribution in [0.25, 0.3) is 11.3 Å². The molecule has 36 heavy (non-hydrogen) atoms. The van der Waals surface area contributed by atoms with Crippen LogP contribution in [0.1, 0.15) is 11.1 Å². The van der Waals surface area contributed by atoms with E-state index in [4.69, 9.17) is 0 Å². The fraction of sp³-hybridized carbons (Fsp3) is 0.0870. The van der Waals surface area contributed by atoms with Gasteiger partial charge in [-0.3, -0.25) is 24.9 Å². The third-order valence-electron chi connectivity index (χ3n) is 4.96. The number of benzene rings is 2. The van der Waals surface area contributed by atoms with E-state index in [1.807, 2.05) is 30.5 Å². The summed E-state index contributed by atoms with van der Waals surface area (Å²) in [6.45, 7) is 0. The van der Waals surface area contributed by atoms with Crippen molar-refractivity contribution in [2.45, 2.75) is 20.6 Å². The first-order chi connectivity index (χ1) is 17.3. The van der Waals surface area contributed by atoms with E-state index in [-0.39, 0.29) is 16.4 Å². The highest BCUT2D eigenvalue weighted by atomic mass is 32.2. The second-order valence-corrected chi connectivity index (χ2v) is 10.8. The molecule has 0 saturated heterocycles. The van der Waals surface area contributed by atoms with Gasteiger partial charge >= 0.3 is 0 Å². The number of anilines is 1. The lowest BCUT2D eigenvalue weighted by atomic mass is 10.1. The first-order valence-corrected chi connectivity index (χ1v) is 14.0. The van der Waals surface area contributed by atoms with E-state index in [1.54, 1.807) is 11.8 Å². The zero-order valence-electron chi connectivity index (χ0n) is 18.7. The van der Waals surface area contributed by atoms with Gasteiger partial charge in [0.1, 0.15) is 10.8 Å². The molecule has 4 rings (SSSR count). The maximum absolute atomic E-state index is 13.1. The summed E-state index contributed by atoms with van der Waals surface area (Å²) in [4.78, 5) is 15.6. The van der Waals surface area contributed by atoms with Crippen molar-refractivity contribution in [3.8, 4) is 17.3 Å². The zero-order chi connectivity index (χ0) is 25.7. The van der Waals surface area contributed by atoms with Crippen molar-refractivity contribution in [2.75, 3.05) is 11.0 Å². The van der Waals surface area contributed by atoms with Gasteiger partial charge in [-0.05, 0) is 42.2 Å². The number of non-ortho nitro benzene ring substituents is 1. The van der Waals surface area contributed by atoms with Gasteiger partial charge in [0, 0.05) is 29.0 Å². The number of aromatic amines is 1. The normalized spacial score (nSPS) is 11.1. The molecule has 0 atom stereocenters. The van der Waals surface area contributed by atoms with Crippen molar-refractivity contribution >= 4 is 45.1 Å². The molecule has 0 unspecified atom stereocenters. The topological polar surface area (TPSA) is 155 Å². The van der Waals surface area contributed by atoms with Crippen molar-refractivity contribution < 1.29 is 13.3 Å². The molecule has 2 heterocycles. The van der Waals surface area contributed by atoms with Crippen molar-refractivity contribution in [2.24, 2.45) is 0 Å². The zero-order valence-corrected chi connectivity index (χ0v) is 21.2. The number of H-pyrrole nitrogens is 1. The van der Waals surface area contributed by atoms with E-state index in [0.29, 0.717) is 27.6 Å². The summed E-state index contributed by atoms with van der Waals surface area (Å²) in [5.41, 5.74) is 1.76. The van der Waals surface area contributed by atoms with Crippen LogP contribution < -0.4 is 4.72 Å². The van der Waals surface area contributed by atoms with Gasteiger partial charge in [0.2, 0.25) is 0 Å². The summed E-state index contributed by atoms with van der Waals surface area (Å²) < 4.78 is 28.6. The molecule has 0 aliphatic rings. The highest BCUT2D eigenvalue weighted by Crippen LogP contribution is 2.37. The molecule has 0 spiro atoms. The highest BCUT2D eigenvalue weighted by Gasteiger charge is 2.24. The van der Waals surface area contributed by atoms with Gasteiger partial charge < -0.3 is 0 Å². The number of nitrogens with zero attached hydrogens (tertiary/aromatic N) is 4. The lowest BCUT2D eigenvalue weighted by Crippen LogP contribution is -2.14. The van der Waals surface area contributed by atoms with Crippen LogP contribution in [-0.2, 0) is 15.8 Å². The van der Waals surface area contributed by atoms with Crippen LogP contribution in [0, 0.1) is 21.4 Å². The molecule has 0 saturated carbocycles. The average Bonchev–Trinajstić information content (AvgIpc) is 3.29. The molecule has 2 N–H and O–H groups in total. The van der Waals surface area contributed by atoms with E-state index in [1.165, 1.54) is 48.3 Å². The van der Waals surface area contributed by atoms with Gasteiger partial charge in [-0.15, -0.1) is 11.8 Å². The van der Waals surface area contributed by atoms with Gasteiger partial charge in [0.05, 0.1) is 32.7 Å². The van der Waals surface area contributed by atoms with Gasteiger partial charge in [-0.25, -0.2) is 8.42 Å². The number of thioether (sulfide) groups is 2. The van der Waals surface area contributed by atoms with E-state index in [0.717, 1.165) is 16.5 Å². The predicted octanol–water partition coefficient (Wildman–Crippen LogP) is 5.07. The second-order valence-electron chi connectivity index (χ2n) is 7.32. The van der Waals surface area contributed by atoms with Gasteiger partial charge in [0.15, 0.2) is 0 Å². The van der Waals surface area contributed by atoms with Gasteiger partial charge in [-0.2, -0.15) is 10.4 Å². The summed E-state index contributed by atoms with van der Waals surface area (Å²) in [5, 5.41) is 27.9. The minimum atomic E-state index is -4.21. The summed E-state index contributed by atoms with van der Waals surface area (Å²) in [6, 6.07) is 17.9. The number of pyridine rings is 1. The van der Waals surface area contributed by atoms with E-state index in [2.05, 4.69) is 26.0 Å². The molecule has 0 fully saturated rings. The van der Waals surface area contributed by atoms with E-state index in [9.17, 15) is 23.8 Å². The Balaban J connectivity index is 1.72. The molecule has 0 amide bonds. The maximum atomic E-state index is 13.1. The molecule has 0 radical (unpaired) electrons. The van der Waals surface area contributed by atoms with Crippen LogP contribution in [-0.4, -0.2) is 34.8 Å². The third kappa shape index (κ3) is 5.68. The number of aromatic nitrogens is 3. The largest absolute Gasteiger partial charge is 0.270 e. The summed E-state index contributed by atoms with van der Waals surface area (Å²) in [5.74, 6) is 0.589. The standard InChI is InChI=1S/C23H18N6O4S3/c1-34-18-6-2-4-16(10-18)14-35-23-21(20-11-15(13-24)8-9-25-20)22(26-27-23)28-36(32,33)19-7-3-5-17(12-19)29(30)31/h2-12H,14H2,1H3,(H2,26,27,28). The fourth-order valence-electron chi connectivity index (χ4n) is 3.25. The van der Waals surface area contributed by atoms with Crippen LogP contribution in [0.2, 0.25) is 0 Å². The van der Waals surface area contributed by atoms with Crippen molar-refractivity contribution in [3.63, 3.8) is 0 Å². The minimum absolute atomic E-state index is 0.0319. The Hall–Kier alpha value is -3.86. The van der Waals surface area contributed by atoms with Crippen molar-refractivity contribution in [3.05, 3.63) is 88.1 Å². The SMILES string of the molecule is CSc1cccc(CSc2n[nH]c(NS(=O)(=O)c3cccc([N+](=O)[O-])c3)c2-c2cc(C#N)ccn2)c1. The quantitative estimate of drug-likeness (QED) is 0.169. The Kier molecular flexibility index (Phi) is 7.58. The smallest absolute Gasteiger partial charge is 0.263 e. The fourth-order valence-corrected chi connectivity index (χ4v) is 5.75. The summed E-state index contributed by atoms with van der Waals surface area (Å²) in [7, 11) is -4.21. The Labute approximate surface area is 215 Å². The monoisotopic (exact) mass is 538 g/mol. The number of nitro benzene ring substituents is 1. The molecule has 10 nitrogen and oxygen atoms in total. The number of rotatable bonds is 9. The summed E-state index contributed by atoms with van der Waals surface area (Å²) >= 11 is 3.01. The van der Waals surface area contributed by atoms with E-state index < -0.39 is 14.9 Å². The number of nitriles is 1. The van der Waals surface area contributed by atoms with Crippen LogP contribution >= 0.6 is 23.5 Å². The Morgan fingerprint density at radius 1 is 1.17 bits per heavy atom. The van der Waals surface area contributed by atoms with Crippen LogP contribution in [0.4, 0.5) is 11.5 Å². The second kappa shape index (κ2) is 10.8. The predicted molar refractivity (Wildman–Crippen MR) is 138 cm³/mol. The minimum Gasteiger partial charge on any atom is -0.263 e. The molecule has 0 bridgehead atoms.